The quantitative estimate of drug-likeness (QED) is 0.305. The lowest BCUT2D eigenvalue weighted by Crippen LogP contribution is -2.41. The number of aromatic nitrogens is 3. The van der Waals surface area contributed by atoms with Crippen molar-refractivity contribution in [2.24, 2.45) is 11.8 Å². The van der Waals surface area contributed by atoms with Gasteiger partial charge < -0.3 is 15.1 Å². The molecule has 0 radical (unpaired) electrons. The van der Waals surface area contributed by atoms with Crippen LogP contribution >= 0.6 is 0 Å². The average molecular weight is 649 g/mol. The predicted octanol–water partition coefficient (Wildman–Crippen LogP) is 7.87. The van der Waals surface area contributed by atoms with Gasteiger partial charge in [-0.05, 0) is 122 Å². The molecule has 1 unspecified atom stereocenters. The number of pyridine rings is 1. The number of nitrogens with one attached hydrogen (secondary N) is 1. The van der Waals surface area contributed by atoms with Gasteiger partial charge in [0.05, 0.1) is 5.39 Å². The molecule has 0 amide bonds. The summed E-state index contributed by atoms with van der Waals surface area (Å²) < 4.78 is 33.9. The molecule has 1 aromatic carbocycles. The zero-order chi connectivity index (χ0) is 33.3. The Hall–Kier alpha value is -2.91. The Labute approximate surface area is 279 Å². The molecule has 2 saturated heterocycles. The second kappa shape index (κ2) is 14.3. The first kappa shape index (κ1) is 34.0. The van der Waals surface area contributed by atoms with E-state index in [0.717, 1.165) is 87.8 Å². The first-order valence-corrected chi connectivity index (χ1v) is 18.1. The Morgan fingerprint density at radius 2 is 1.66 bits per heavy atom. The highest BCUT2D eigenvalue weighted by atomic mass is 19.3. The monoisotopic (exact) mass is 648 g/mol. The second-order valence-electron chi connectivity index (χ2n) is 15.0. The van der Waals surface area contributed by atoms with Crippen LogP contribution in [0.3, 0.4) is 0 Å². The van der Waals surface area contributed by atoms with E-state index in [0.29, 0.717) is 48.6 Å². The van der Waals surface area contributed by atoms with Crippen molar-refractivity contribution in [2.45, 2.75) is 116 Å². The Morgan fingerprint density at radius 3 is 2.38 bits per heavy atom. The van der Waals surface area contributed by atoms with Crippen molar-refractivity contribution in [3.63, 3.8) is 0 Å². The molecule has 8 bridgehead atoms. The summed E-state index contributed by atoms with van der Waals surface area (Å²) in [6.45, 7) is 15.6. The van der Waals surface area contributed by atoms with Gasteiger partial charge in [0, 0.05) is 42.2 Å². The van der Waals surface area contributed by atoms with Crippen molar-refractivity contribution in [1.29, 1.82) is 0 Å². The number of halogens is 2. The fraction of sp³-hybridized carbons (Fsp3) is 0.658. The molecule has 7 rings (SSSR count). The van der Waals surface area contributed by atoms with Gasteiger partial charge in [-0.25, -0.2) is 18.7 Å². The molecule has 256 valence electrons. The van der Waals surface area contributed by atoms with Crippen LogP contribution in [0.25, 0.3) is 11.0 Å². The molecular formula is C38H54F2N6O. The third-order valence-corrected chi connectivity index (χ3v) is 11.2. The van der Waals surface area contributed by atoms with Crippen LogP contribution in [0.15, 0.2) is 35.1 Å². The molecule has 2 atom stereocenters. The number of hydrogen-bond acceptors (Lipinski definition) is 6. The number of likely N-dealkylation sites (tertiary alicyclic amines) is 1. The first-order chi connectivity index (χ1) is 22.5. The Kier molecular flexibility index (Phi) is 10.3. The second-order valence-corrected chi connectivity index (χ2v) is 15.0. The van der Waals surface area contributed by atoms with Crippen LogP contribution in [0.1, 0.15) is 114 Å². The smallest absolute Gasteiger partial charge is 0.276 e. The molecule has 2 aromatic heterocycles. The van der Waals surface area contributed by atoms with Gasteiger partial charge in [-0.15, -0.1) is 0 Å². The maximum Gasteiger partial charge on any atom is 0.276 e. The summed E-state index contributed by atoms with van der Waals surface area (Å²) in [7, 11) is 0. The molecule has 0 aliphatic carbocycles. The van der Waals surface area contributed by atoms with Crippen LogP contribution < -0.4 is 10.9 Å². The Balaban J connectivity index is 1.40. The van der Waals surface area contributed by atoms with Gasteiger partial charge in [-0.1, -0.05) is 38.0 Å². The van der Waals surface area contributed by atoms with Crippen LogP contribution in [0.5, 0.6) is 0 Å². The van der Waals surface area contributed by atoms with E-state index in [1.54, 1.807) is 18.2 Å². The SMILES string of the molecule is Cc1nc2c3cc(C4CCN(C(C)C)CC4)c(=O)n(c3n1)CCCCCC(C)CN1CCC(CC1)C(F)(F)c1cccc(c1)[C@@H](C)N2. The number of alkyl halides is 2. The van der Waals surface area contributed by atoms with Gasteiger partial charge in [-0.2, -0.15) is 0 Å². The molecule has 9 heteroatoms. The fourth-order valence-corrected chi connectivity index (χ4v) is 8.20. The van der Waals surface area contributed by atoms with Gasteiger partial charge in [-0.3, -0.25) is 9.36 Å². The molecule has 4 aliphatic heterocycles. The molecule has 4 aliphatic rings. The maximum absolute atomic E-state index is 16.0. The minimum atomic E-state index is -2.89. The van der Waals surface area contributed by atoms with Crippen LogP contribution in [0.4, 0.5) is 14.6 Å². The van der Waals surface area contributed by atoms with E-state index < -0.39 is 11.8 Å². The van der Waals surface area contributed by atoms with Crippen molar-refractivity contribution in [3.8, 4) is 0 Å². The molecule has 0 spiro atoms. The summed E-state index contributed by atoms with van der Waals surface area (Å²) in [6, 6.07) is 9.17. The Morgan fingerprint density at radius 1 is 0.915 bits per heavy atom. The van der Waals surface area contributed by atoms with Gasteiger partial charge in [0.1, 0.15) is 17.3 Å². The van der Waals surface area contributed by atoms with E-state index in [4.69, 9.17) is 9.97 Å². The molecule has 3 aromatic rings. The van der Waals surface area contributed by atoms with E-state index in [-0.39, 0.29) is 23.1 Å². The van der Waals surface area contributed by atoms with Gasteiger partial charge in [0.25, 0.3) is 11.5 Å². The third-order valence-electron chi connectivity index (χ3n) is 11.2. The Bertz CT molecular complexity index is 1590. The van der Waals surface area contributed by atoms with Gasteiger partial charge in [0.15, 0.2) is 0 Å². The highest BCUT2D eigenvalue weighted by molar-refractivity contribution is 5.87. The lowest BCUT2D eigenvalue weighted by atomic mass is 9.85. The highest BCUT2D eigenvalue weighted by Crippen LogP contribution is 2.42. The molecule has 0 saturated carbocycles. The van der Waals surface area contributed by atoms with Crippen molar-refractivity contribution >= 4 is 16.9 Å². The number of piperidine rings is 2. The third kappa shape index (κ3) is 7.41. The zero-order valence-corrected chi connectivity index (χ0v) is 29.1. The van der Waals surface area contributed by atoms with Gasteiger partial charge in [0.2, 0.25) is 0 Å². The molecule has 6 heterocycles. The normalized spacial score (nSPS) is 26.7. The van der Waals surface area contributed by atoms with Crippen molar-refractivity contribution in [1.82, 2.24) is 24.3 Å². The topological polar surface area (TPSA) is 66.3 Å². The van der Waals surface area contributed by atoms with E-state index in [9.17, 15) is 4.79 Å². The number of rotatable bonds is 2. The minimum Gasteiger partial charge on any atom is -0.363 e. The van der Waals surface area contributed by atoms with Gasteiger partial charge >= 0.3 is 0 Å². The number of benzene rings is 1. The van der Waals surface area contributed by atoms with E-state index in [1.165, 1.54) is 0 Å². The van der Waals surface area contributed by atoms with Crippen molar-refractivity contribution < 1.29 is 8.78 Å². The predicted molar refractivity (Wildman–Crippen MR) is 186 cm³/mol. The first-order valence-electron chi connectivity index (χ1n) is 18.1. The number of nitrogens with zero attached hydrogens (tertiary/aromatic N) is 5. The largest absolute Gasteiger partial charge is 0.363 e. The van der Waals surface area contributed by atoms with Crippen LogP contribution in [-0.2, 0) is 12.5 Å². The standard InChI is InChI=1S/C38H54F2N6O/c1-25(2)45-20-13-29(14-21-45)33-23-34-35-41-27(4)30-11-9-12-32(22-30)38(39,40)31-15-18-44(19-16-31)24-26(3)10-7-6-8-17-46(37(33)47)36(34)43-28(5)42-35/h9,11-12,22-23,25-27,29,31H,6-8,10,13-21,24H2,1-5H3,(H,41,42,43)/t26?,27-/m1/s1. The number of aryl methyl sites for hydroxylation is 2. The summed E-state index contributed by atoms with van der Waals surface area (Å²) in [6.07, 6.45) is 7.05. The van der Waals surface area contributed by atoms with Crippen molar-refractivity contribution in [3.05, 3.63) is 63.2 Å². The molecule has 47 heavy (non-hydrogen) atoms. The summed E-state index contributed by atoms with van der Waals surface area (Å²) in [4.78, 5) is 28.8. The van der Waals surface area contributed by atoms with E-state index in [2.05, 4.69) is 35.9 Å². The lowest BCUT2D eigenvalue weighted by molar-refractivity contribution is -0.0862. The van der Waals surface area contributed by atoms with Crippen LogP contribution in [-0.4, -0.2) is 63.1 Å². The number of hydrogen-bond donors (Lipinski definition) is 1. The molecule has 1 N–H and O–H groups in total. The zero-order valence-electron chi connectivity index (χ0n) is 29.1. The number of anilines is 1. The summed E-state index contributed by atoms with van der Waals surface area (Å²) in [5.41, 5.74) is 2.46. The summed E-state index contributed by atoms with van der Waals surface area (Å²) in [5.74, 6) is -1.62. The minimum absolute atomic E-state index is 0.0721. The fourth-order valence-electron chi connectivity index (χ4n) is 8.20. The lowest BCUT2D eigenvalue weighted by Gasteiger charge is -2.37. The number of fused-ring (bicyclic) bond motifs is 9. The van der Waals surface area contributed by atoms with Crippen LogP contribution in [0, 0.1) is 18.8 Å². The molecular weight excluding hydrogens is 594 g/mol. The van der Waals surface area contributed by atoms with E-state index >= 15 is 8.78 Å². The maximum atomic E-state index is 16.0. The van der Waals surface area contributed by atoms with Crippen LogP contribution in [0.2, 0.25) is 0 Å². The summed E-state index contributed by atoms with van der Waals surface area (Å²) >= 11 is 0. The molecule has 7 nitrogen and oxygen atoms in total. The average Bonchev–Trinajstić information content (AvgIpc) is 3.05. The van der Waals surface area contributed by atoms with Crippen molar-refractivity contribution in [2.75, 3.05) is 38.0 Å². The van der Waals surface area contributed by atoms with E-state index in [1.807, 2.05) is 30.5 Å². The molecule has 2 fully saturated rings. The summed E-state index contributed by atoms with van der Waals surface area (Å²) in [5, 5.41) is 4.40. The highest BCUT2D eigenvalue weighted by Gasteiger charge is 2.43.